The molecular formula is C28H34N2O5. The van der Waals surface area contributed by atoms with Crippen molar-refractivity contribution in [2.45, 2.75) is 57.9 Å². The molecule has 186 valence electrons. The Morgan fingerprint density at radius 2 is 1.60 bits per heavy atom. The summed E-state index contributed by atoms with van der Waals surface area (Å²) in [6.07, 6.45) is 3.03. The van der Waals surface area contributed by atoms with Crippen molar-refractivity contribution in [3.8, 4) is 11.1 Å². The number of aliphatic carboxylic acids is 1. The van der Waals surface area contributed by atoms with Gasteiger partial charge in [-0.15, -0.1) is 0 Å². The third-order valence-electron chi connectivity index (χ3n) is 7.70. The molecule has 2 aromatic carbocycles. The first-order valence-electron chi connectivity index (χ1n) is 12.5. The summed E-state index contributed by atoms with van der Waals surface area (Å²) in [4.78, 5) is 37.3. The first kappa shape index (κ1) is 24.8. The minimum atomic E-state index is -1.01. The second kappa shape index (κ2) is 10.5. The fourth-order valence-corrected chi connectivity index (χ4v) is 5.17. The lowest BCUT2D eigenvalue weighted by Crippen LogP contribution is -2.50. The predicted molar refractivity (Wildman–Crippen MR) is 133 cm³/mol. The van der Waals surface area contributed by atoms with E-state index in [9.17, 15) is 19.5 Å². The van der Waals surface area contributed by atoms with E-state index < -0.39 is 23.4 Å². The smallest absolute Gasteiger partial charge is 0.407 e. The Morgan fingerprint density at radius 1 is 1.00 bits per heavy atom. The monoisotopic (exact) mass is 478 g/mol. The molecular weight excluding hydrogens is 444 g/mol. The summed E-state index contributed by atoms with van der Waals surface area (Å²) < 4.78 is 5.67. The number of hydrogen-bond acceptors (Lipinski definition) is 4. The number of benzene rings is 2. The molecule has 0 saturated heterocycles. The van der Waals surface area contributed by atoms with Gasteiger partial charge >= 0.3 is 12.1 Å². The van der Waals surface area contributed by atoms with Crippen LogP contribution in [0.1, 0.15) is 63.0 Å². The third-order valence-corrected chi connectivity index (χ3v) is 7.70. The lowest BCUT2D eigenvalue weighted by Gasteiger charge is -2.32. The minimum Gasteiger partial charge on any atom is -0.481 e. The summed E-state index contributed by atoms with van der Waals surface area (Å²) >= 11 is 0. The van der Waals surface area contributed by atoms with Gasteiger partial charge in [0.1, 0.15) is 6.61 Å². The largest absolute Gasteiger partial charge is 0.481 e. The molecule has 7 heteroatoms. The summed E-state index contributed by atoms with van der Waals surface area (Å²) in [5.41, 5.74) is 3.62. The quantitative estimate of drug-likeness (QED) is 0.510. The van der Waals surface area contributed by atoms with Crippen LogP contribution in [0.25, 0.3) is 11.1 Å². The Balaban J connectivity index is 1.37. The van der Waals surface area contributed by atoms with E-state index in [0.29, 0.717) is 19.3 Å². The van der Waals surface area contributed by atoms with E-state index in [1.807, 2.05) is 24.3 Å². The molecule has 2 aliphatic carbocycles. The number of carbonyl (C=O) groups excluding carboxylic acids is 2. The molecule has 0 bridgehead atoms. The van der Waals surface area contributed by atoms with Crippen molar-refractivity contribution in [2.24, 2.45) is 11.3 Å². The number of carbonyl (C=O) groups is 3. The molecule has 0 aliphatic heterocycles. The summed E-state index contributed by atoms with van der Waals surface area (Å²) in [6, 6.07) is 16.0. The SMILES string of the molecule is CCC(C)(CNC(=O)[C@H]1CCCC[C@H]1NC(=O)OCC1c2ccccc2-c2ccccc21)C(=O)O. The molecule has 0 spiro atoms. The first-order valence-corrected chi connectivity index (χ1v) is 12.5. The maximum Gasteiger partial charge on any atom is 0.407 e. The normalized spacial score (nSPS) is 20.7. The zero-order valence-electron chi connectivity index (χ0n) is 20.4. The number of fused-ring (bicyclic) bond motifs is 3. The molecule has 2 amide bonds. The number of ether oxygens (including phenoxy) is 1. The first-order chi connectivity index (χ1) is 16.8. The van der Waals surface area contributed by atoms with Gasteiger partial charge in [0.25, 0.3) is 0 Å². The second-order valence-electron chi connectivity index (χ2n) is 9.90. The number of hydrogen-bond donors (Lipinski definition) is 3. The van der Waals surface area contributed by atoms with Gasteiger partial charge in [0.15, 0.2) is 0 Å². The maximum absolute atomic E-state index is 12.9. The zero-order valence-corrected chi connectivity index (χ0v) is 20.4. The summed E-state index contributed by atoms with van der Waals surface area (Å²) in [5.74, 6) is -1.58. The third kappa shape index (κ3) is 5.19. The molecule has 1 unspecified atom stereocenters. The van der Waals surface area contributed by atoms with Crippen LogP contribution in [0, 0.1) is 11.3 Å². The van der Waals surface area contributed by atoms with E-state index in [-0.39, 0.29) is 31.0 Å². The van der Waals surface area contributed by atoms with E-state index in [0.717, 1.165) is 24.0 Å². The van der Waals surface area contributed by atoms with Gasteiger partial charge in [-0.25, -0.2) is 4.79 Å². The highest BCUT2D eigenvalue weighted by molar-refractivity contribution is 5.82. The minimum absolute atomic E-state index is 0.0265. The van der Waals surface area contributed by atoms with Crippen LogP contribution in [0.2, 0.25) is 0 Å². The molecule has 4 rings (SSSR count). The van der Waals surface area contributed by atoms with Crippen LogP contribution in [-0.2, 0) is 14.3 Å². The van der Waals surface area contributed by atoms with Gasteiger partial charge in [0.05, 0.1) is 11.3 Å². The van der Waals surface area contributed by atoms with E-state index in [1.165, 1.54) is 11.1 Å². The molecule has 0 radical (unpaired) electrons. The predicted octanol–water partition coefficient (Wildman–Crippen LogP) is 4.70. The summed E-state index contributed by atoms with van der Waals surface area (Å²) in [7, 11) is 0. The molecule has 7 nitrogen and oxygen atoms in total. The van der Waals surface area contributed by atoms with Crippen LogP contribution in [0.15, 0.2) is 48.5 Å². The maximum atomic E-state index is 12.9. The van der Waals surface area contributed by atoms with Crippen LogP contribution < -0.4 is 10.6 Å². The number of rotatable bonds is 8. The van der Waals surface area contributed by atoms with Crippen LogP contribution >= 0.6 is 0 Å². The molecule has 2 aliphatic rings. The molecule has 1 saturated carbocycles. The van der Waals surface area contributed by atoms with Gasteiger partial charge in [-0.2, -0.15) is 0 Å². The second-order valence-corrected chi connectivity index (χ2v) is 9.90. The fourth-order valence-electron chi connectivity index (χ4n) is 5.17. The van der Waals surface area contributed by atoms with Crippen LogP contribution in [0.4, 0.5) is 4.79 Å². The molecule has 0 aromatic heterocycles. The van der Waals surface area contributed by atoms with E-state index in [2.05, 4.69) is 34.9 Å². The van der Waals surface area contributed by atoms with Gasteiger partial charge in [0, 0.05) is 18.5 Å². The van der Waals surface area contributed by atoms with Gasteiger partial charge < -0.3 is 20.5 Å². The van der Waals surface area contributed by atoms with E-state index >= 15 is 0 Å². The molecule has 2 aromatic rings. The average molecular weight is 479 g/mol. The number of carboxylic acids is 1. The van der Waals surface area contributed by atoms with Crippen molar-refractivity contribution in [1.29, 1.82) is 0 Å². The van der Waals surface area contributed by atoms with Crippen molar-refractivity contribution >= 4 is 18.0 Å². The Labute approximate surface area is 206 Å². The number of nitrogens with one attached hydrogen (secondary N) is 2. The Morgan fingerprint density at radius 3 is 2.20 bits per heavy atom. The highest BCUT2D eigenvalue weighted by atomic mass is 16.5. The zero-order chi connectivity index (χ0) is 25.0. The number of amides is 2. The average Bonchev–Trinajstić information content (AvgIpc) is 3.19. The molecule has 35 heavy (non-hydrogen) atoms. The van der Waals surface area contributed by atoms with Gasteiger partial charge in [-0.1, -0.05) is 68.3 Å². The van der Waals surface area contributed by atoms with Crippen molar-refractivity contribution in [3.05, 3.63) is 59.7 Å². The fraction of sp³-hybridized carbons (Fsp3) is 0.464. The van der Waals surface area contributed by atoms with Crippen LogP contribution in [-0.4, -0.2) is 42.3 Å². The van der Waals surface area contributed by atoms with Crippen LogP contribution in [0.5, 0.6) is 0 Å². The Bertz CT molecular complexity index is 1050. The number of alkyl carbamates (subject to hydrolysis) is 1. The van der Waals surface area contributed by atoms with Gasteiger partial charge in [-0.05, 0) is 48.4 Å². The van der Waals surface area contributed by atoms with Gasteiger partial charge in [0.2, 0.25) is 5.91 Å². The lowest BCUT2D eigenvalue weighted by atomic mass is 9.83. The molecule has 0 heterocycles. The van der Waals surface area contributed by atoms with Gasteiger partial charge in [-0.3, -0.25) is 9.59 Å². The number of carboxylic acid groups (broad SMARTS) is 1. The van der Waals surface area contributed by atoms with Crippen molar-refractivity contribution in [2.75, 3.05) is 13.2 Å². The van der Waals surface area contributed by atoms with Crippen molar-refractivity contribution in [3.63, 3.8) is 0 Å². The summed E-state index contributed by atoms with van der Waals surface area (Å²) in [5, 5.41) is 15.2. The van der Waals surface area contributed by atoms with E-state index in [4.69, 9.17) is 4.74 Å². The molecule has 1 fully saturated rings. The Kier molecular flexibility index (Phi) is 7.43. The topological polar surface area (TPSA) is 105 Å². The highest BCUT2D eigenvalue weighted by Gasteiger charge is 2.36. The Hall–Kier alpha value is -3.35. The highest BCUT2D eigenvalue weighted by Crippen LogP contribution is 2.44. The molecule has 3 N–H and O–H groups in total. The van der Waals surface area contributed by atoms with Crippen molar-refractivity contribution < 1.29 is 24.2 Å². The van der Waals surface area contributed by atoms with Crippen LogP contribution in [0.3, 0.4) is 0 Å². The summed E-state index contributed by atoms with van der Waals surface area (Å²) in [6.45, 7) is 3.70. The van der Waals surface area contributed by atoms with E-state index in [1.54, 1.807) is 13.8 Å². The lowest BCUT2D eigenvalue weighted by molar-refractivity contribution is -0.148. The standard InChI is InChI=1S/C28H34N2O5/c1-3-28(2,26(32)33)17-29-25(31)22-14-8-9-15-24(22)30-27(34)35-16-23-20-12-6-4-10-18(20)19-11-5-7-13-21(19)23/h4-7,10-13,22-24H,3,8-9,14-17H2,1-2H3,(H,29,31)(H,30,34)(H,32,33)/t22-,24+,28?/m0/s1. The molecule has 3 atom stereocenters. The van der Waals surface area contributed by atoms with Crippen molar-refractivity contribution in [1.82, 2.24) is 10.6 Å².